The van der Waals surface area contributed by atoms with Crippen molar-refractivity contribution in [3.63, 3.8) is 0 Å². The second kappa shape index (κ2) is 5.05. The predicted molar refractivity (Wildman–Crippen MR) is 55.2 cm³/mol. The van der Waals surface area contributed by atoms with Crippen LogP contribution in [0.2, 0.25) is 0 Å². The zero-order chi connectivity index (χ0) is 10.6. The van der Waals surface area contributed by atoms with Crippen LogP contribution in [0.5, 0.6) is 0 Å². The molecule has 2 nitrogen and oxygen atoms in total. The van der Waals surface area contributed by atoms with E-state index < -0.39 is 0 Å². The molecule has 2 N–H and O–H groups in total. The molecule has 0 aliphatic carbocycles. The van der Waals surface area contributed by atoms with Crippen molar-refractivity contribution >= 4 is 0 Å². The van der Waals surface area contributed by atoms with E-state index in [1.54, 1.807) is 6.20 Å². The maximum Gasteiger partial charge on any atom is 0.141 e. The van der Waals surface area contributed by atoms with E-state index in [9.17, 15) is 4.39 Å². The van der Waals surface area contributed by atoms with Crippen LogP contribution < -0.4 is 5.73 Å². The molecule has 3 heteroatoms. The Morgan fingerprint density at radius 2 is 2.21 bits per heavy atom. The number of rotatable bonds is 4. The van der Waals surface area contributed by atoms with Crippen molar-refractivity contribution in [3.05, 3.63) is 29.8 Å². The van der Waals surface area contributed by atoms with Gasteiger partial charge in [0.2, 0.25) is 0 Å². The van der Waals surface area contributed by atoms with Crippen LogP contribution >= 0.6 is 0 Å². The topological polar surface area (TPSA) is 38.9 Å². The summed E-state index contributed by atoms with van der Waals surface area (Å²) in [7, 11) is 0. The van der Waals surface area contributed by atoms with Gasteiger partial charge in [-0.25, -0.2) is 4.39 Å². The van der Waals surface area contributed by atoms with Crippen LogP contribution in [-0.2, 0) is 0 Å². The Bertz CT molecular complexity index is 288. The number of halogens is 1. The van der Waals surface area contributed by atoms with Gasteiger partial charge in [-0.3, -0.25) is 4.98 Å². The highest BCUT2D eigenvalue weighted by Gasteiger charge is 2.10. The average molecular weight is 196 g/mol. The van der Waals surface area contributed by atoms with Gasteiger partial charge in [0.05, 0.1) is 6.20 Å². The van der Waals surface area contributed by atoms with Crippen LogP contribution in [0.4, 0.5) is 4.39 Å². The molecule has 2 atom stereocenters. The minimum absolute atomic E-state index is 0.104. The van der Waals surface area contributed by atoms with Crippen molar-refractivity contribution in [2.24, 2.45) is 11.7 Å². The van der Waals surface area contributed by atoms with Gasteiger partial charge in [0.1, 0.15) is 5.82 Å². The second-order valence-electron chi connectivity index (χ2n) is 3.79. The quantitative estimate of drug-likeness (QED) is 0.804. The summed E-state index contributed by atoms with van der Waals surface area (Å²) in [4.78, 5) is 3.78. The Morgan fingerprint density at radius 1 is 1.50 bits per heavy atom. The summed E-state index contributed by atoms with van der Waals surface area (Å²) in [6, 6.07) is 1.35. The smallest absolute Gasteiger partial charge is 0.141 e. The molecule has 1 heterocycles. The highest BCUT2D eigenvalue weighted by molar-refractivity contribution is 5.14. The van der Waals surface area contributed by atoms with Crippen LogP contribution in [0.25, 0.3) is 0 Å². The van der Waals surface area contributed by atoms with Crippen LogP contribution in [0, 0.1) is 11.7 Å². The SMILES string of the molecule is CCC(C)CC(N)c1cncc(F)c1. The Hall–Kier alpha value is -0.960. The summed E-state index contributed by atoms with van der Waals surface area (Å²) in [6.45, 7) is 4.27. The maximum absolute atomic E-state index is 12.8. The molecule has 1 aromatic heterocycles. The number of nitrogens with zero attached hydrogens (tertiary/aromatic N) is 1. The normalized spacial score (nSPS) is 15.1. The zero-order valence-corrected chi connectivity index (χ0v) is 8.70. The van der Waals surface area contributed by atoms with E-state index in [0.717, 1.165) is 18.4 Å². The largest absolute Gasteiger partial charge is 0.324 e. The fourth-order valence-electron chi connectivity index (χ4n) is 1.37. The Balaban J connectivity index is 2.64. The molecule has 78 valence electrons. The summed E-state index contributed by atoms with van der Waals surface area (Å²) in [6.07, 6.45) is 4.80. The van der Waals surface area contributed by atoms with Crippen molar-refractivity contribution in [1.29, 1.82) is 0 Å². The highest BCUT2D eigenvalue weighted by Crippen LogP contribution is 2.20. The second-order valence-corrected chi connectivity index (χ2v) is 3.79. The Morgan fingerprint density at radius 3 is 2.79 bits per heavy atom. The van der Waals surface area contributed by atoms with Gasteiger partial charge in [0.25, 0.3) is 0 Å². The third kappa shape index (κ3) is 3.07. The number of nitrogens with two attached hydrogens (primary N) is 1. The predicted octanol–water partition coefficient (Wildman–Crippen LogP) is 2.66. The number of hydrogen-bond acceptors (Lipinski definition) is 2. The zero-order valence-electron chi connectivity index (χ0n) is 8.70. The minimum Gasteiger partial charge on any atom is -0.324 e. The first-order chi connectivity index (χ1) is 6.63. The van der Waals surface area contributed by atoms with Crippen LogP contribution in [0.1, 0.15) is 38.3 Å². The lowest BCUT2D eigenvalue weighted by Gasteiger charge is -2.15. The van der Waals surface area contributed by atoms with Crippen molar-refractivity contribution in [1.82, 2.24) is 4.98 Å². The van der Waals surface area contributed by atoms with E-state index in [0.29, 0.717) is 5.92 Å². The lowest BCUT2D eigenvalue weighted by molar-refractivity contribution is 0.459. The molecule has 0 amide bonds. The molecule has 0 aliphatic rings. The van der Waals surface area contributed by atoms with Crippen molar-refractivity contribution < 1.29 is 4.39 Å². The summed E-state index contributed by atoms with van der Waals surface area (Å²) >= 11 is 0. The lowest BCUT2D eigenvalue weighted by atomic mass is 9.96. The van der Waals surface area contributed by atoms with Gasteiger partial charge in [-0.15, -0.1) is 0 Å². The first kappa shape index (κ1) is 11.1. The molecular formula is C11H17FN2. The molecule has 0 radical (unpaired) electrons. The number of pyridine rings is 1. The molecular weight excluding hydrogens is 179 g/mol. The molecule has 0 fully saturated rings. The maximum atomic E-state index is 12.8. The monoisotopic (exact) mass is 196 g/mol. The van der Waals surface area contributed by atoms with Crippen molar-refractivity contribution in [2.75, 3.05) is 0 Å². The van der Waals surface area contributed by atoms with E-state index >= 15 is 0 Å². The first-order valence-electron chi connectivity index (χ1n) is 4.99. The summed E-state index contributed by atoms with van der Waals surface area (Å²) in [5.41, 5.74) is 6.72. The van der Waals surface area contributed by atoms with Crippen LogP contribution in [-0.4, -0.2) is 4.98 Å². The van der Waals surface area contributed by atoms with Crippen molar-refractivity contribution in [3.8, 4) is 0 Å². The van der Waals surface area contributed by atoms with Gasteiger partial charge in [-0.05, 0) is 24.0 Å². The van der Waals surface area contributed by atoms with Crippen LogP contribution in [0.15, 0.2) is 18.5 Å². The fourth-order valence-corrected chi connectivity index (χ4v) is 1.37. The van der Waals surface area contributed by atoms with E-state index in [1.165, 1.54) is 12.3 Å². The summed E-state index contributed by atoms with van der Waals surface area (Å²) in [5, 5.41) is 0. The molecule has 0 aliphatic heterocycles. The summed E-state index contributed by atoms with van der Waals surface area (Å²) < 4.78 is 12.8. The van der Waals surface area contributed by atoms with Gasteiger partial charge in [0.15, 0.2) is 0 Å². The average Bonchev–Trinajstić information content (AvgIpc) is 2.17. The molecule has 0 aromatic carbocycles. The van der Waals surface area contributed by atoms with Crippen molar-refractivity contribution in [2.45, 2.75) is 32.7 Å². The molecule has 0 saturated heterocycles. The third-order valence-corrected chi connectivity index (χ3v) is 2.51. The molecule has 0 saturated carbocycles. The van der Waals surface area contributed by atoms with E-state index in [2.05, 4.69) is 18.8 Å². The van der Waals surface area contributed by atoms with E-state index in [1.807, 2.05) is 0 Å². The third-order valence-electron chi connectivity index (χ3n) is 2.51. The lowest BCUT2D eigenvalue weighted by Crippen LogP contribution is -2.14. The van der Waals surface area contributed by atoms with Gasteiger partial charge in [-0.2, -0.15) is 0 Å². The Kier molecular flexibility index (Phi) is 4.01. The molecule has 1 rings (SSSR count). The molecule has 14 heavy (non-hydrogen) atoms. The van der Waals surface area contributed by atoms with E-state index in [-0.39, 0.29) is 11.9 Å². The standard InChI is InChI=1S/C11H17FN2/c1-3-8(2)4-11(13)9-5-10(12)7-14-6-9/h5-8,11H,3-4,13H2,1-2H3. The van der Waals surface area contributed by atoms with Gasteiger partial charge < -0.3 is 5.73 Å². The fraction of sp³-hybridized carbons (Fsp3) is 0.545. The Labute approximate surface area is 84.3 Å². The molecule has 1 aromatic rings. The minimum atomic E-state index is -0.317. The molecule has 2 unspecified atom stereocenters. The first-order valence-corrected chi connectivity index (χ1v) is 4.99. The van der Waals surface area contributed by atoms with E-state index in [4.69, 9.17) is 5.73 Å². The number of hydrogen-bond donors (Lipinski definition) is 1. The summed E-state index contributed by atoms with van der Waals surface area (Å²) in [5.74, 6) is 0.246. The van der Waals surface area contributed by atoms with Gasteiger partial charge >= 0.3 is 0 Å². The van der Waals surface area contributed by atoms with Crippen LogP contribution in [0.3, 0.4) is 0 Å². The van der Waals surface area contributed by atoms with Gasteiger partial charge in [0, 0.05) is 12.2 Å². The molecule has 0 bridgehead atoms. The number of aromatic nitrogens is 1. The van der Waals surface area contributed by atoms with Gasteiger partial charge in [-0.1, -0.05) is 20.3 Å². The highest BCUT2D eigenvalue weighted by atomic mass is 19.1. The molecule has 0 spiro atoms.